The highest BCUT2D eigenvalue weighted by Gasteiger charge is 2.13. The summed E-state index contributed by atoms with van der Waals surface area (Å²) < 4.78 is 0. The molecule has 12 heavy (non-hydrogen) atoms. The fraction of sp³-hybridized carbons (Fsp3) is 1.00. The van der Waals surface area contributed by atoms with E-state index < -0.39 is 0 Å². The zero-order valence-electron chi connectivity index (χ0n) is 8.93. The summed E-state index contributed by atoms with van der Waals surface area (Å²) in [7, 11) is 0. The Morgan fingerprint density at radius 3 is 2.08 bits per heavy atom. The summed E-state index contributed by atoms with van der Waals surface area (Å²) in [5, 5.41) is 0. The van der Waals surface area contributed by atoms with E-state index in [0.717, 1.165) is 19.3 Å². The Balaban J connectivity index is 3.51. The van der Waals surface area contributed by atoms with Crippen LogP contribution in [0.2, 0.25) is 0 Å². The second-order valence-electron chi connectivity index (χ2n) is 4.92. The van der Waals surface area contributed by atoms with E-state index in [1.807, 2.05) is 0 Å². The van der Waals surface area contributed by atoms with E-state index in [2.05, 4.69) is 27.7 Å². The molecule has 4 N–H and O–H groups in total. The Hall–Kier alpha value is -0.0800. The standard InChI is InChI=1S/C10H24N2/c1-8(2)7-9(11)5-6-10(3,4)12/h8-9H,5-7,11-12H2,1-4H3. The van der Waals surface area contributed by atoms with Crippen LogP contribution in [0.15, 0.2) is 0 Å². The molecule has 2 nitrogen and oxygen atoms in total. The summed E-state index contributed by atoms with van der Waals surface area (Å²) in [4.78, 5) is 0. The Labute approximate surface area is 76.7 Å². The van der Waals surface area contributed by atoms with Crippen LogP contribution >= 0.6 is 0 Å². The molecule has 0 aliphatic rings. The van der Waals surface area contributed by atoms with Crippen LogP contribution in [0.3, 0.4) is 0 Å². The van der Waals surface area contributed by atoms with Crippen molar-refractivity contribution in [1.82, 2.24) is 0 Å². The Morgan fingerprint density at radius 2 is 1.75 bits per heavy atom. The number of hydrogen-bond acceptors (Lipinski definition) is 2. The lowest BCUT2D eigenvalue weighted by molar-refractivity contribution is 0.396. The van der Waals surface area contributed by atoms with Gasteiger partial charge in [-0.05, 0) is 39.0 Å². The average Bonchev–Trinajstić information content (AvgIpc) is 1.80. The van der Waals surface area contributed by atoms with Crippen molar-refractivity contribution < 1.29 is 0 Å². The van der Waals surface area contributed by atoms with E-state index in [9.17, 15) is 0 Å². The minimum absolute atomic E-state index is 0.0609. The molecule has 1 unspecified atom stereocenters. The topological polar surface area (TPSA) is 52.0 Å². The molecule has 0 aromatic rings. The molecule has 0 aliphatic heterocycles. The third kappa shape index (κ3) is 8.02. The molecule has 0 spiro atoms. The van der Waals surface area contributed by atoms with E-state index >= 15 is 0 Å². The average molecular weight is 172 g/mol. The first-order valence-corrected chi connectivity index (χ1v) is 4.86. The van der Waals surface area contributed by atoms with Crippen molar-refractivity contribution >= 4 is 0 Å². The van der Waals surface area contributed by atoms with Crippen molar-refractivity contribution in [2.75, 3.05) is 0 Å². The maximum Gasteiger partial charge on any atom is 0.00976 e. The molecule has 0 aromatic carbocycles. The van der Waals surface area contributed by atoms with Crippen molar-refractivity contribution in [1.29, 1.82) is 0 Å². The van der Waals surface area contributed by atoms with E-state index in [1.54, 1.807) is 0 Å². The lowest BCUT2D eigenvalue weighted by atomic mass is 9.93. The Kier molecular flexibility index (Phi) is 4.80. The van der Waals surface area contributed by atoms with Gasteiger partial charge >= 0.3 is 0 Å². The number of nitrogens with two attached hydrogens (primary N) is 2. The molecule has 0 heterocycles. The van der Waals surface area contributed by atoms with Crippen LogP contribution in [0.1, 0.15) is 47.0 Å². The molecule has 0 saturated heterocycles. The summed E-state index contributed by atoms with van der Waals surface area (Å²) in [5.41, 5.74) is 11.7. The van der Waals surface area contributed by atoms with Crippen LogP contribution in [0.4, 0.5) is 0 Å². The molecule has 0 rings (SSSR count). The fourth-order valence-electron chi connectivity index (χ4n) is 1.28. The Morgan fingerprint density at radius 1 is 1.25 bits per heavy atom. The van der Waals surface area contributed by atoms with E-state index in [0.29, 0.717) is 12.0 Å². The highest BCUT2D eigenvalue weighted by atomic mass is 14.7. The summed E-state index contributed by atoms with van der Waals surface area (Å²) >= 11 is 0. The maximum absolute atomic E-state index is 5.93. The van der Waals surface area contributed by atoms with E-state index in [-0.39, 0.29) is 5.54 Å². The highest BCUT2D eigenvalue weighted by Crippen LogP contribution is 2.12. The highest BCUT2D eigenvalue weighted by molar-refractivity contribution is 4.75. The van der Waals surface area contributed by atoms with Gasteiger partial charge in [0.1, 0.15) is 0 Å². The van der Waals surface area contributed by atoms with Crippen LogP contribution in [0.5, 0.6) is 0 Å². The van der Waals surface area contributed by atoms with Gasteiger partial charge in [-0.15, -0.1) is 0 Å². The molecule has 0 fully saturated rings. The quantitative estimate of drug-likeness (QED) is 0.665. The van der Waals surface area contributed by atoms with Crippen LogP contribution < -0.4 is 11.5 Å². The minimum Gasteiger partial charge on any atom is -0.328 e. The first-order valence-electron chi connectivity index (χ1n) is 4.86. The molecule has 0 saturated carbocycles. The van der Waals surface area contributed by atoms with Crippen LogP contribution in [-0.4, -0.2) is 11.6 Å². The molecule has 1 atom stereocenters. The lowest BCUT2D eigenvalue weighted by Gasteiger charge is -2.21. The summed E-state index contributed by atoms with van der Waals surface area (Å²) in [6.07, 6.45) is 3.17. The van der Waals surface area contributed by atoms with E-state index in [1.165, 1.54) is 0 Å². The van der Waals surface area contributed by atoms with E-state index in [4.69, 9.17) is 11.5 Å². The van der Waals surface area contributed by atoms with Crippen molar-refractivity contribution in [3.8, 4) is 0 Å². The first-order chi connectivity index (χ1) is 5.31. The molecule has 0 bridgehead atoms. The third-order valence-corrected chi connectivity index (χ3v) is 1.93. The smallest absolute Gasteiger partial charge is 0.00976 e. The summed E-state index contributed by atoms with van der Waals surface area (Å²) in [6, 6.07) is 0.327. The Bertz CT molecular complexity index is 113. The zero-order valence-corrected chi connectivity index (χ0v) is 8.93. The summed E-state index contributed by atoms with van der Waals surface area (Å²) in [6.45, 7) is 8.51. The van der Waals surface area contributed by atoms with Gasteiger partial charge < -0.3 is 11.5 Å². The number of rotatable bonds is 5. The van der Waals surface area contributed by atoms with Crippen molar-refractivity contribution in [3.63, 3.8) is 0 Å². The predicted octanol–water partition coefficient (Wildman–Crippen LogP) is 1.88. The van der Waals surface area contributed by atoms with Gasteiger partial charge in [-0.2, -0.15) is 0 Å². The third-order valence-electron chi connectivity index (χ3n) is 1.93. The zero-order chi connectivity index (χ0) is 9.78. The fourth-order valence-corrected chi connectivity index (χ4v) is 1.28. The van der Waals surface area contributed by atoms with Gasteiger partial charge in [0.05, 0.1) is 0 Å². The van der Waals surface area contributed by atoms with Gasteiger partial charge in [0, 0.05) is 11.6 Å². The van der Waals surface area contributed by atoms with Crippen LogP contribution in [-0.2, 0) is 0 Å². The predicted molar refractivity (Wildman–Crippen MR) is 54.9 cm³/mol. The van der Waals surface area contributed by atoms with Gasteiger partial charge in [0.25, 0.3) is 0 Å². The van der Waals surface area contributed by atoms with Gasteiger partial charge in [-0.1, -0.05) is 13.8 Å². The van der Waals surface area contributed by atoms with Gasteiger partial charge in [0.2, 0.25) is 0 Å². The van der Waals surface area contributed by atoms with Gasteiger partial charge in [0.15, 0.2) is 0 Å². The molecular formula is C10H24N2. The molecule has 2 heteroatoms. The molecular weight excluding hydrogens is 148 g/mol. The second kappa shape index (κ2) is 4.83. The normalized spacial score (nSPS) is 15.2. The molecule has 74 valence electrons. The van der Waals surface area contributed by atoms with Crippen LogP contribution in [0, 0.1) is 5.92 Å². The van der Waals surface area contributed by atoms with Crippen molar-refractivity contribution in [3.05, 3.63) is 0 Å². The summed E-state index contributed by atoms with van der Waals surface area (Å²) in [5.74, 6) is 0.695. The first kappa shape index (κ1) is 11.9. The minimum atomic E-state index is -0.0609. The second-order valence-corrected chi connectivity index (χ2v) is 4.92. The largest absolute Gasteiger partial charge is 0.328 e. The molecule has 0 aromatic heterocycles. The van der Waals surface area contributed by atoms with Crippen molar-refractivity contribution in [2.24, 2.45) is 17.4 Å². The monoisotopic (exact) mass is 172 g/mol. The van der Waals surface area contributed by atoms with Gasteiger partial charge in [-0.3, -0.25) is 0 Å². The SMILES string of the molecule is CC(C)CC(N)CCC(C)(C)N. The molecule has 0 amide bonds. The van der Waals surface area contributed by atoms with Crippen LogP contribution in [0.25, 0.3) is 0 Å². The molecule has 0 radical (unpaired) electrons. The number of hydrogen-bond donors (Lipinski definition) is 2. The lowest BCUT2D eigenvalue weighted by Crippen LogP contribution is -2.34. The molecule has 0 aliphatic carbocycles. The van der Waals surface area contributed by atoms with Crippen molar-refractivity contribution in [2.45, 2.75) is 58.5 Å². The maximum atomic E-state index is 5.93. The van der Waals surface area contributed by atoms with Gasteiger partial charge in [-0.25, -0.2) is 0 Å².